The zero-order valence-corrected chi connectivity index (χ0v) is 5.89. The van der Waals surface area contributed by atoms with Crippen LogP contribution in [0.3, 0.4) is 0 Å². The third-order valence-corrected chi connectivity index (χ3v) is 1.18. The van der Waals surface area contributed by atoms with E-state index in [9.17, 15) is 0 Å². The maximum Gasteiger partial charge on any atom is 0.0624 e. The molecule has 0 aliphatic heterocycles. The first-order valence-corrected chi connectivity index (χ1v) is 3.27. The second-order valence-corrected chi connectivity index (χ2v) is 2.66. The van der Waals surface area contributed by atoms with Crippen LogP contribution in [0.15, 0.2) is 12.3 Å². The second kappa shape index (κ2) is 2.67. The van der Waals surface area contributed by atoms with Crippen molar-refractivity contribution in [2.24, 2.45) is 5.92 Å². The highest BCUT2D eigenvalue weighted by Gasteiger charge is 1.96. The third-order valence-electron chi connectivity index (χ3n) is 1.18. The van der Waals surface area contributed by atoms with Crippen molar-refractivity contribution in [3.8, 4) is 0 Å². The van der Waals surface area contributed by atoms with Crippen molar-refractivity contribution in [2.45, 2.75) is 20.3 Å². The van der Waals surface area contributed by atoms with Crippen LogP contribution in [0.5, 0.6) is 0 Å². The van der Waals surface area contributed by atoms with Gasteiger partial charge in [0, 0.05) is 6.20 Å². The van der Waals surface area contributed by atoms with Gasteiger partial charge in [-0.15, -0.1) is 0 Å². The molecule has 1 rings (SSSR count). The van der Waals surface area contributed by atoms with Crippen molar-refractivity contribution in [3.05, 3.63) is 18.0 Å². The average molecular weight is 124 g/mol. The van der Waals surface area contributed by atoms with Crippen LogP contribution >= 0.6 is 0 Å². The van der Waals surface area contributed by atoms with Crippen molar-refractivity contribution in [1.82, 2.24) is 10.2 Å². The van der Waals surface area contributed by atoms with Crippen molar-refractivity contribution < 1.29 is 0 Å². The minimum Gasteiger partial charge on any atom is -0.285 e. The molecule has 2 nitrogen and oxygen atoms in total. The van der Waals surface area contributed by atoms with Gasteiger partial charge in [-0.2, -0.15) is 5.10 Å². The average Bonchev–Trinajstić information content (AvgIpc) is 2.15. The van der Waals surface area contributed by atoms with E-state index in [2.05, 4.69) is 24.0 Å². The van der Waals surface area contributed by atoms with Gasteiger partial charge in [0.15, 0.2) is 0 Å². The van der Waals surface area contributed by atoms with E-state index in [1.165, 1.54) is 0 Å². The molecule has 9 heavy (non-hydrogen) atoms. The molecule has 50 valence electrons. The summed E-state index contributed by atoms with van der Waals surface area (Å²) in [5.74, 6) is 0.702. The number of aromatic nitrogens is 2. The van der Waals surface area contributed by atoms with E-state index >= 15 is 0 Å². The van der Waals surface area contributed by atoms with Crippen molar-refractivity contribution >= 4 is 0 Å². The summed E-state index contributed by atoms with van der Waals surface area (Å²) in [5.41, 5.74) is 1.16. The molecule has 0 spiro atoms. The fourth-order valence-corrected chi connectivity index (χ4v) is 0.823. The van der Waals surface area contributed by atoms with Gasteiger partial charge in [0.1, 0.15) is 0 Å². The summed E-state index contributed by atoms with van der Waals surface area (Å²) in [6.07, 6.45) is 2.93. The molecule has 1 aromatic heterocycles. The Morgan fingerprint density at radius 1 is 1.67 bits per heavy atom. The van der Waals surface area contributed by atoms with Gasteiger partial charge in [-0.3, -0.25) is 5.10 Å². The fourth-order valence-electron chi connectivity index (χ4n) is 0.823. The largest absolute Gasteiger partial charge is 0.285 e. The minimum atomic E-state index is 0.702. The van der Waals surface area contributed by atoms with Crippen LogP contribution in [-0.2, 0) is 6.42 Å². The Morgan fingerprint density at radius 2 is 2.44 bits per heavy atom. The molecule has 0 fully saturated rings. The predicted octanol–water partition coefficient (Wildman–Crippen LogP) is 1.61. The van der Waals surface area contributed by atoms with E-state index in [-0.39, 0.29) is 0 Å². The Balaban J connectivity index is 2.48. The summed E-state index contributed by atoms with van der Waals surface area (Å²) in [7, 11) is 0. The normalized spacial score (nSPS) is 10.6. The zero-order valence-electron chi connectivity index (χ0n) is 5.89. The molecular formula is C7H12N2. The van der Waals surface area contributed by atoms with Crippen molar-refractivity contribution in [3.63, 3.8) is 0 Å². The van der Waals surface area contributed by atoms with Crippen LogP contribution in [-0.4, -0.2) is 10.2 Å². The zero-order chi connectivity index (χ0) is 6.69. The highest BCUT2D eigenvalue weighted by Crippen LogP contribution is 2.02. The smallest absolute Gasteiger partial charge is 0.0624 e. The molecule has 1 N–H and O–H groups in total. The number of nitrogens with zero attached hydrogens (tertiary/aromatic N) is 1. The maximum atomic E-state index is 4.03. The lowest BCUT2D eigenvalue weighted by Crippen LogP contribution is -1.93. The predicted molar refractivity (Wildman–Crippen MR) is 37.1 cm³/mol. The summed E-state index contributed by atoms with van der Waals surface area (Å²) in [6, 6.07) is 2.01. The third kappa shape index (κ3) is 1.88. The van der Waals surface area contributed by atoms with Gasteiger partial charge in [-0.05, 0) is 18.4 Å². The van der Waals surface area contributed by atoms with Crippen LogP contribution in [0.2, 0.25) is 0 Å². The molecule has 2 heteroatoms. The van der Waals surface area contributed by atoms with Crippen LogP contribution in [0.1, 0.15) is 19.5 Å². The topological polar surface area (TPSA) is 28.7 Å². The molecule has 0 aliphatic rings. The van der Waals surface area contributed by atoms with Gasteiger partial charge >= 0.3 is 0 Å². The second-order valence-electron chi connectivity index (χ2n) is 2.66. The quantitative estimate of drug-likeness (QED) is 0.637. The number of H-pyrrole nitrogens is 1. The number of rotatable bonds is 2. The summed E-state index contributed by atoms with van der Waals surface area (Å²) >= 11 is 0. The van der Waals surface area contributed by atoms with E-state index in [0.29, 0.717) is 5.92 Å². The lowest BCUT2D eigenvalue weighted by Gasteiger charge is -1.97. The number of hydrogen-bond acceptors (Lipinski definition) is 1. The van der Waals surface area contributed by atoms with E-state index in [1.807, 2.05) is 12.3 Å². The molecule has 0 bridgehead atoms. The van der Waals surface area contributed by atoms with Crippen molar-refractivity contribution in [1.29, 1.82) is 0 Å². The molecule has 0 aliphatic carbocycles. The van der Waals surface area contributed by atoms with Gasteiger partial charge in [-0.1, -0.05) is 13.8 Å². The molecule has 1 heterocycles. The summed E-state index contributed by atoms with van der Waals surface area (Å²) in [6.45, 7) is 4.38. The van der Waals surface area contributed by atoms with Crippen molar-refractivity contribution in [2.75, 3.05) is 0 Å². The molecule has 0 amide bonds. The Bertz CT molecular complexity index is 153. The van der Waals surface area contributed by atoms with Crippen LogP contribution in [0, 0.1) is 5.92 Å². The lowest BCUT2D eigenvalue weighted by molar-refractivity contribution is 0.633. The van der Waals surface area contributed by atoms with E-state index in [1.54, 1.807) is 0 Å². The Kier molecular flexibility index (Phi) is 1.88. The van der Waals surface area contributed by atoms with E-state index in [4.69, 9.17) is 0 Å². The van der Waals surface area contributed by atoms with Crippen LogP contribution in [0.4, 0.5) is 0 Å². The summed E-state index contributed by atoms with van der Waals surface area (Å²) in [5, 5.41) is 6.82. The minimum absolute atomic E-state index is 0.702. The molecule has 1 aromatic rings. The standard InChI is InChI=1S/C7H12N2/c1-6(2)5-7-3-4-8-9-7/h3-4,6H,5H2,1-2H3,(H,8,9). The van der Waals surface area contributed by atoms with Gasteiger partial charge in [0.05, 0.1) is 5.69 Å². The Morgan fingerprint density at radius 3 is 2.89 bits per heavy atom. The SMILES string of the molecule is CC(C)Cc1cc[nH]n1. The molecule has 0 radical (unpaired) electrons. The first kappa shape index (κ1) is 6.33. The molecule has 0 atom stereocenters. The number of nitrogens with one attached hydrogen (secondary N) is 1. The first-order chi connectivity index (χ1) is 4.29. The van der Waals surface area contributed by atoms with E-state index < -0.39 is 0 Å². The van der Waals surface area contributed by atoms with Gasteiger partial charge < -0.3 is 0 Å². The number of hydrogen-bond donors (Lipinski definition) is 1. The Labute approximate surface area is 55.3 Å². The van der Waals surface area contributed by atoms with Gasteiger partial charge in [0.2, 0.25) is 0 Å². The van der Waals surface area contributed by atoms with Gasteiger partial charge in [-0.25, -0.2) is 0 Å². The van der Waals surface area contributed by atoms with Gasteiger partial charge in [0.25, 0.3) is 0 Å². The molecule has 0 aromatic carbocycles. The maximum absolute atomic E-state index is 4.03. The summed E-state index contributed by atoms with van der Waals surface area (Å²) < 4.78 is 0. The molecule has 0 unspecified atom stereocenters. The Hall–Kier alpha value is -0.790. The lowest BCUT2D eigenvalue weighted by atomic mass is 10.1. The molecule has 0 saturated carbocycles. The first-order valence-electron chi connectivity index (χ1n) is 3.27. The molecular weight excluding hydrogens is 112 g/mol. The fraction of sp³-hybridized carbons (Fsp3) is 0.571. The highest BCUT2D eigenvalue weighted by atomic mass is 15.1. The molecule has 0 saturated heterocycles. The summed E-state index contributed by atoms with van der Waals surface area (Å²) in [4.78, 5) is 0. The van der Waals surface area contributed by atoms with E-state index in [0.717, 1.165) is 12.1 Å². The van der Waals surface area contributed by atoms with Crippen LogP contribution in [0.25, 0.3) is 0 Å². The highest BCUT2D eigenvalue weighted by molar-refractivity contribution is 4.97. The number of aromatic amines is 1. The monoisotopic (exact) mass is 124 g/mol. The van der Waals surface area contributed by atoms with Crippen LogP contribution < -0.4 is 0 Å².